The number of rotatable bonds is 2. The Labute approximate surface area is 117 Å². The van der Waals surface area contributed by atoms with Crippen LogP contribution in [0.5, 0.6) is 0 Å². The molecular formula is C13H12Br2N2. The van der Waals surface area contributed by atoms with Crippen molar-refractivity contribution in [3.8, 4) is 0 Å². The molecule has 0 aliphatic heterocycles. The van der Waals surface area contributed by atoms with Crippen LogP contribution in [0.25, 0.3) is 0 Å². The van der Waals surface area contributed by atoms with Gasteiger partial charge >= 0.3 is 0 Å². The van der Waals surface area contributed by atoms with Crippen molar-refractivity contribution in [3.63, 3.8) is 0 Å². The fourth-order valence-corrected chi connectivity index (χ4v) is 2.23. The Kier molecular flexibility index (Phi) is 3.74. The molecule has 0 saturated carbocycles. The zero-order valence-corrected chi connectivity index (χ0v) is 12.5. The van der Waals surface area contributed by atoms with Gasteiger partial charge in [0.1, 0.15) is 0 Å². The van der Waals surface area contributed by atoms with Gasteiger partial charge in [0.15, 0.2) is 0 Å². The fraction of sp³-hybridized carbons (Fsp3) is 0.0769. The van der Waals surface area contributed by atoms with Gasteiger partial charge in [0.05, 0.1) is 11.4 Å². The van der Waals surface area contributed by atoms with Crippen molar-refractivity contribution in [1.29, 1.82) is 0 Å². The first-order valence-electron chi connectivity index (χ1n) is 5.14. The number of nitrogen functional groups attached to an aromatic ring is 1. The summed E-state index contributed by atoms with van der Waals surface area (Å²) in [5, 5.41) is 3.29. The lowest BCUT2D eigenvalue weighted by atomic mass is 10.2. The van der Waals surface area contributed by atoms with Gasteiger partial charge in [-0.2, -0.15) is 0 Å². The van der Waals surface area contributed by atoms with E-state index in [1.807, 2.05) is 30.3 Å². The maximum Gasteiger partial charge on any atom is 0.0618 e. The van der Waals surface area contributed by atoms with Crippen LogP contribution in [0.4, 0.5) is 17.1 Å². The Hall–Kier alpha value is -1.000. The van der Waals surface area contributed by atoms with Crippen molar-refractivity contribution in [1.82, 2.24) is 0 Å². The quantitative estimate of drug-likeness (QED) is 0.756. The van der Waals surface area contributed by atoms with E-state index in [1.54, 1.807) is 0 Å². The summed E-state index contributed by atoms with van der Waals surface area (Å²) in [6, 6.07) is 11.9. The highest BCUT2D eigenvalue weighted by Crippen LogP contribution is 2.28. The van der Waals surface area contributed by atoms with E-state index in [0.29, 0.717) is 0 Å². The number of hydrogen-bond acceptors (Lipinski definition) is 2. The first-order chi connectivity index (χ1) is 8.06. The van der Waals surface area contributed by atoms with Crippen molar-refractivity contribution < 1.29 is 0 Å². The van der Waals surface area contributed by atoms with Gasteiger partial charge in [-0.1, -0.05) is 37.9 Å². The molecule has 0 saturated heterocycles. The summed E-state index contributed by atoms with van der Waals surface area (Å²) >= 11 is 6.90. The van der Waals surface area contributed by atoms with Gasteiger partial charge in [0.25, 0.3) is 0 Å². The molecule has 0 aliphatic rings. The molecular weight excluding hydrogens is 344 g/mol. The number of hydrogen-bond donors (Lipinski definition) is 2. The van der Waals surface area contributed by atoms with Gasteiger partial charge in [-0.15, -0.1) is 0 Å². The minimum Gasteiger partial charge on any atom is -0.397 e. The van der Waals surface area contributed by atoms with Gasteiger partial charge < -0.3 is 11.1 Å². The van der Waals surface area contributed by atoms with E-state index >= 15 is 0 Å². The smallest absolute Gasteiger partial charge is 0.0618 e. The Balaban J connectivity index is 2.28. The highest BCUT2D eigenvalue weighted by atomic mass is 79.9. The molecule has 0 unspecified atom stereocenters. The third-order valence-corrected chi connectivity index (χ3v) is 3.81. The lowest BCUT2D eigenvalue weighted by Gasteiger charge is -2.10. The molecule has 0 bridgehead atoms. The first kappa shape index (κ1) is 12.5. The zero-order chi connectivity index (χ0) is 12.4. The summed E-state index contributed by atoms with van der Waals surface area (Å²) in [7, 11) is 0. The van der Waals surface area contributed by atoms with Crippen LogP contribution in [0.1, 0.15) is 5.56 Å². The van der Waals surface area contributed by atoms with Crippen LogP contribution in [-0.2, 0) is 0 Å². The second kappa shape index (κ2) is 5.10. The normalized spacial score (nSPS) is 10.3. The van der Waals surface area contributed by atoms with E-state index in [4.69, 9.17) is 5.73 Å². The topological polar surface area (TPSA) is 38.0 Å². The predicted octanol–water partition coefficient (Wildman–Crippen LogP) is 4.85. The van der Waals surface area contributed by atoms with Crippen LogP contribution >= 0.6 is 31.9 Å². The average Bonchev–Trinajstić information content (AvgIpc) is 2.27. The minimum atomic E-state index is 0.719. The second-order valence-electron chi connectivity index (χ2n) is 3.82. The van der Waals surface area contributed by atoms with Crippen LogP contribution in [-0.4, -0.2) is 0 Å². The Morgan fingerprint density at radius 1 is 1.06 bits per heavy atom. The summed E-state index contributed by atoms with van der Waals surface area (Å²) in [5.41, 5.74) is 9.78. The number of aryl methyl sites for hydroxylation is 1. The molecule has 0 aromatic heterocycles. The molecule has 3 N–H and O–H groups in total. The van der Waals surface area contributed by atoms with Crippen LogP contribution in [0.15, 0.2) is 45.3 Å². The molecule has 4 heteroatoms. The van der Waals surface area contributed by atoms with Crippen molar-refractivity contribution in [3.05, 3.63) is 50.9 Å². The summed E-state index contributed by atoms with van der Waals surface area (Å²) < 4.78 is 2.06. The Morgan fingerprint density at radius 3 is 2.47 bits per heavy atom. The summed E-state index contributed by atoms with van der Waals surface area (Å²) in [5.74, 6) is 0. The van der Waals surface area contributed by atoms with Crippen LogP contribution in [0.3, 0.4) is 0 Å². The van der Waals surface area contributed by atoms with Gasteiger partial charge in [-0.3, -0.25) is 0 Å². The van der Waals surface area contributed by atoms with Crippen molar-refractivity contribution in [2.75, 3.05) is 11.1 Å². The summed E-state index contributed by atoms with van der Waals surface area (Å²) in [6.45, 7) is 2.06. The second-order valence-corrected chi connectivity index (χ2v) is 5.59. The van der Waals surface area contributed by atoms with E-state index in [2.05, 4.69) is 50.2 Å². The zero-order valence-electron chi connectivity index (χ0n) is 9.30. The van der Waals surface area contributed by atoms with Gasteiger partial charge in [0.2, 0.25) is 0 Å². The summed E-state index contributed by atoms with van der Waals surface area (Å²) in [4.78, 5) is 0. The lowest BCUT2D eigenvalue weighted by molar-refractivity contribution is 1.42. The molecule has 0 atom stereocenters. The largest absolute Gasteiger partial charge is 0.397 e. The van der Waals surface area contributed by atoms with Crippen molar-refractivity contribution >= 4 is 48.9 Å². The van der Waals surface area contributed by atoms with Gasteiger partial charge in [0, 0.05) is 14.6 Å². The number of nitrogens with one attached hydrogen (secondary N) is 1. The Bertz CT molecular complexity index is 553. The molecule has 0 radical (unpaired) electrons. The van der Waals surface area contributed by atoms with Crippen molar-refractivity contribution in [2.45, 2.75) is 6.92 Å². The molecule has 0 fully saturated rings. The van der Waals surface area contributed by atoms with Gasteiger partial charge in [-0.05, 0) is 42.8 Å². The number of nitrogens with two attached hydrogens (primary N) is 1. The number of halogens is 2. The minimum absolute atomic E-state index is 0.719. The average molecular weight is 356 g/mol. The molecule has 0 spiro atoms. The predicted molar refractivity (Wildman–Crippen MR) is 80.7 cm³/mol. The molecule has 0 heterocycles. The monoisotopic (exact) mass is 354 g/mol. The van der Waals surface area contributed by atoms with Gasteiger partial charge in [-0.25, -0.2) is 0 Å². The maximum atomic E-state index is 5.93. The number of benzene rings is 2. The first-order valence-corrected chi connectivity index (χ1v) is 6.73. The molecule has 2 rings (SSSR count). The molecule has 2 nitrogen and oxygen atoms in total. The van der Waals surface area contributed by atoms with Crippen LogP contribution < -0.4 is 11.1 Å². The molecule has 2 aromatic rings. The molecule has 2 aromatic carbocycles. The van der Waals surface area contributed by atoms with Crippen LogP contribution in [0, 0.1) is 6.92 Å². The van der Waals surface area contributed by atoms with E-state index < -0.39 is 0 Å². The van der Waals surface area contributed by atoms with E-state index in [0.717, 1.165) is 26.0 Å². The lowest BCUT2D eigenvalue weighted by Crippen LogP contribution is -1.96. The number of anilines is 3. The maximum absolute atomic E-state index is 5.93. The third kappa shape index (κ3) is 3.01. The molecule has 17 heavy (non-hydrogen) atoms. The van der Waals surface area contributed by atoms with Crippen LogP contribution in [0.2, 0.25) is 0 Å². The SMILES string of the molecule is Cc1ccc(Nc2ccc(Br)cc2N)cc1Br. The standard InChI is InChI=1S/C13H12Br2N2/c1-8-2-4-10(7-11(8)15)17-13-5-3-9(14)6-12(13)16/h2-7,17H,16H2,1H3. The van der Waals surface area contributed by atoms with Crippen molar-refractivity contribution in [2.24, 2.45) is 0 Å². The van der Waals surface area contributed by atoms with E-state index in [9.17, 15) is 0 Å². The molecule has 0 amide bonds. The molecule has 88 valence electrons. The third-order valence-electron chi connectivity index (χ3n) is 2.46. The Morgan fingerprint density at radius 2 is 1.82 bits per heavy atom. The van der Waals surface area contributed by atoms with E-state index in [-0.39, 0.29) is 0 Å². The highest BCUT2D eigenvalue weighted by Gasteiger charge is 2.02. The highest BCUT2D eigenvalue weighted by molar-refractivity contribution is 9.10. The summed E-state index contributed by atoms with van der Waals surface area (Å²) in [6.07, 6.45) is 0. The molecule has 0 aliphatic carbocycles. The fourth-order valence-electron chi connectivity index (χ4n) is 1.47. The van der Waals surface area contributed by atoms with E-state index in [1.165, 1.54) is 5.56 Å².